The summed E-state index contributed by atoms with van der Waals surface area (Å²) in [4.78, 5) is 2.50. The summed E-state index contributed by atoms with van der Waals surface area (Å²) in [5.41, 5.74) is 2.50. The number of nitrogens with zero attached hydrogens (tertiary/aromatic N) is 2. The minimum Gasteiger partial charge on any atom is -0.393 e. The minimum absolute atomic E-state index is 0.0335. The molecule has 0 bridgehead atoms. The summed E-state index contributed by atoms with van der Waals surface area (Å²) < 4.78 is 0. The highest BCUT2D eigenvalue weighted by Gasteiger charge is 2.47. The third kappa shape index (κ3) is 1.62. The summed E-state index contributed by atoms with van der Waals surface area (Å²) in [6.07, 6.45) is 4.72. The van der Waals surface area contributed by atoms with Gasteiger partial charge in [0.1, 0.15) is 0 Å². The fourth-order valence-corrected chi connectivity index (χ4v) is 3.41. The van der Waals surface area contributed by atoms with Crippen LogP contribution in [-0.2, 0) is 6.54 Å². The molecule has 1 saturated heterocycles. The molecule has 92 valence electrons. The van der Waals surface area contributed by atoms with Crippen LogP contribution in [0, 0.1) is 5.92 Å². The normalized spacial score (nSPS) is 36.9. The van der Waals surface area contributed by atoms with E-state index in [9.17, 15) is 5.11 Å². The Hall–Kier alpha value is -0.870. The highest BCUT2D eigenvalue weighted by molar-refractivity contribution is 5.18. The van der Waals surface area contributed by atoms with Crippen molar-refractivity contribution in [2.24, 2.45) is 5.92 Å². The molecule has 2 N–H and O–H groups in total. The Kier molecular flexibility index (Phi) is 2.11. The molecule has 2 heterocycles. The molecule has 4 nitrogen and oxygen atoms in total. The fourth-order valence-electron chi connectivity index (χ4n) is 3.41. The molecule has 3 aliphatic rings. The van der Waals surface area contributed by atoms with Crippen molar-refractivity contribution in [2.75, 3.05) is 6.54 Å². The lowest BCUT2D eigenvalue weighted by molar-refractivity contribution is -0.0235. The second-order valence-corrected chi connectivity index (χ2v) is 5.89. The number of aliphatic hydroxyl groups excluding tert-OH is 1. The average Bonchev–Trinajstić information content (AvgIpc) is 2.97. The van der Waals surface area contributed by atoms with E-state index in [-0.39, 0.29) is 6.10 Å². The molecular formula is C13H19N3O. The lowest BCUT2D eigenvalue weighted by Crippen LogP contribution is -2.48. The summed E-state index contributed by atoms with van der Waals surface area (Å²) in [5.74, 6) is 1.28. The summed E-state index contributed by atoms with van der Waals surface area (Å²) in [7, 11) is 0. The molecule has 3 fully saturated rings. The second-order valence-electron chi connectivity index (χ2n) is 5.89. The van der Waals surface area contributed by atoms with Gasteiger partial charge >= 0.3 is 0 Å². The Morgan fingerprint density at radius 1 is 1.41 bits per heavy atom. The molecule has 3 atom stereocenters. The number of aromatic amines is 1. The Balaban J connectivity index is 1.43. The van der Waals surface area contributed by atoms with Crippen molar-refractivity contribution < 1.29 is 5.11 Å². The average molecular weight is 233 g/mol. The van der Waals surface area contributed by atoms with Crippen molar-refractivity contribution in [3.8, 4) is 0 Å². The first kappa shape index (κ1) is 10.1. The van der Waals surface area contributed by atoms with E-state index in [4.69, 9.17) is 0 Å². The molecule has 4 heteroatoms. The molecule has 0 radical (unpaired) electrons. The Labute approximate surface area is 101 Å². The number of aliphatic hydroxyl groups is 1. The van der Waals surface area contributed by atoms with Gasteiger partial charge in [0.2, 0.25) is 0 Å². The van der Waals surface area contributed by atoms with E-state index >= 15 is 0 Å². The van der Waals surface area contributed by atoms with Gasteiger partial charge in [0.05, 0.1) is 11.8 Å². The number of likely N-dealkylation sites (tertiary alicyclic amines) is 1. The van der Waals surface area contributed by atoms with Gasteiger partial charge in [-0.3, -0.25) is 10.00 Å². The van der Waals surface area contributed by atoms with Gasteiger partial charge in [0, 0.05) is 30.1 Å². The summed E-state index contributed by atoms with van der Waals surface area (Å²) in [6.45, 7) is 2.11. The van der Waals surface area contributed by atoms with E-state index in [0.717, 1.165) is 31.8 Å². The van der Waals surface area contributed by atoms with Gasteiger partial charge in [0.15, 0.2) is 0 Å². The van der Waals surface area contributed by atoms with Crippen molar-refractivity contribution in [3.63, 3.8) is 0 Å². The molecule has 0 spiro atoms. The maximum atomic E-state index is 9.64. The third-order valence-electron chi connectivity index (χ3n) is 4.71. The van der Waals surface area contributed by atoms with Crippen molar-refractivity contribution in [1.82, 2.24) is 15.1 Å². The molecule has 1 aliphatic heterocycles. The van der Waals surface area contributed by atoms with Gasteiger partial charge in [-0.15, -0.1) is 0 Å². The van der Waals surface area contributed by atoms with Gasteiger partial charge in [-0.05, 0) is 38.3 Å². The van der Waals surface area contributed by atoms with Crippen LogP contribution >= 0.6 is 0 Å². The maximum Gasteiger partial charge on any atom is 0.0656 e. The number of hydrogen-bond acceptors (Lipinski definition) is 3. The zero-order valence-corrected chi connectivity index (χ0v) is 9.97. The van der Waals surface area contributed by atoms with Crippen molar-refractivity contribution in [1.29, 1.82) is 0 Å². The lowest BCUT2D eigenvalue weighted by Gasteiger charge is -2.40. The van der Waals surface area contributed by atoms with Crippen LogP contribution in [0.15, 0.2) is 6.07 Å². The van der Waals surface area contributed by atoms with Gasteiger partial charge in [-0.25, -0.2) is 0 Å². The van der Waals surface area contributed by atoms with E-state index in [1.54, 1.807) is 0 Å². The van der Waals surface area contributed by atoms with Gasteiger partial charge in [0.25, 0.3) is 0 Å². The van der Waals surface area contributed by atoms with Crippen LogP contribution in [-0.4, -0.2) is 38.9 Å². The van der Waals surface area contributed by atoms with Crippen LogP contribution in [0.1, 0.15) is 43.0 Å². The highest BCUT2D eigenvalue weighted by atomic mass is 16.3. The first-order valence-electron chi connectivity index (χ1n) is 6.77. The van der Waals surface area contributed by atoms with Gasteiger partial charge in [-0.1, -0.05) is 0 Å². The quantitative estimate of drug-likeness (QED) is 0.826. The van der Waals surface area contributed by atoms with Crippen molar-refractivity contribution in [2.45, 2.75) is 50.3 Å². The summed E-state index contributed by atoms with van der Waals surface area (Å²) in [5, 5.41) is 17.2. The topological polar surface area (TPSA) is 52.1 Å². The molecule has 2 saturated carbocycles. The number of rotatable bonds is 3. The van der Waals surface area contributed by atoms with Crippen molar-refractivity contribution >= 4 is 0 Å². The largest absolute Gasteiger partial charge is 0.393 e. The molecule has 0 amide bonds. The molecule has 1 aromatic rings. The molecule has 17 heavy (non-hydrogen) atoms. The predicted molar refractivity (Wildman–Crippen MR) is 63.5 cm³/mol. The SMILES string of the molecule is O[C@@H]1C[C@@H]2[C@H]1CCN2Cc1cc(C2CC2)n[nH]1. The van der Waals surface area contributed by atoms with E-state index in [1.165, 1.54) is 24.2 Å². The van der Waals surface area contributed by atoms with Crippen LogP contribution in [0.4, 0.5) is 0 Å². The smallest absolute Gasteiger partial charge is 0.0656 e. The number of H-pyrrole nitrogens is 1. The molecule has 0 aromatic carbocycles. The summed E-state index contributed by atoms with van der Waals surface area (Å²) >= 11 is 0. The minimum atomic E-state index is -0.0335. The van der Waals surface area contributed by atoms with E-state index in [1.807, 2.05) is 0 Å². The Bertz CT molecular complexity index is 426. The number of hydrogen-bond donors (Lipinski definition) is 2. The van der Waals surface area contributed by atoms with Crippen molar-refractivity contribution in [3.05, 3.63) is 17.5 Å². The highest BCUT2D eigenvalue weighted by Crippen LogP contribution is 2.42. The lowest BCUT2D eigenvalue weighted by atomic mass is 9.77. The first-order chi connectivity index (χ1) is 8.31. The van der Waals surface area contributed by atoms with Crippen LogP contribution in [0.2, 0.25) is 0 Å². The third-order valence-corrected chi connectivity index (χ3v) is 4.71. The zero-order chi connectivity index (χ0) is 11.4. The van der Waals surface area contributed by atoms with Gasteiger partial charge < -0.3 is 5.11 Å². The number of nitrogens with one attached hydrogen (secondary N) is 1. The standard InChI is InChI=1S/C13H19N3O/c17-13-6-12-10(13)3-4-16(12)7-9-5-11(15-14-9)8-1-2-8/h5,8,10,12-13,17H,1-4,6-7H2,(H,14,15)/t10-,12-,13-/m1/s1. The Morgan fingerprint density at radius 2 is 2.29 bits per heavy atom. The summed E-state index contributed by atoms with van der Waals surface area (Å²) in [6, 6.07) is 2.86. The Morgan fingerprint density at radius 3 is 3.00 bits per heavy atom. The zero-order valence-electron chi connectivity index (χ0n) is 9.97. The number of fused-ring (bicyclic) bond motifs is 1. The molecule has 2 aliphatic carbocycles. The first-order valence-corrected chi connectivity index (χ1v) is 6.77. The molecule has 4 rings (SSSR count). The van der Waals surface area contributed by atoms with Crippen LogP contribution in [0.25, 0.3) is 0 Å². The van der Waals surface area contributed by atoms with Crippen LogP contribution < -0.4 is 0 Å². The predicted octanol–water partition coefficient (Wildman–Crippen LogP) is 1.24. The van der Waals surface area contributed by atoms with E-state index in [2.05, 4.69) is 21.2 Å². The van der Waals surface area contributed by atoms with Crippen LogP contribution in [0.3, 0.4) is 0 Å². The van der Waals surface area contributed by atoms with E-state index in [0.29, 0.717) is 12.0 Å². The molecular weight excluding hydrogens is 214 g/mol. The maximum absolute atomic E-state index is 9.64. The van der Waals surface area contributed by atoms with Crippen LogP contribution in [0.5, 0.6) is 0 Å². The monoisotopic (exact) mass is 233 g/mol. The molecule has 1 aromatic heterocycles. The molecule has 0 unspecified atom stereocenters. The second kappa shape index (κ2) is 3.56. The fraction of sp³-hybridized carbons (Fsp3) is 0.769. The number of aromatic nitrogens is 2. The van der Waals surface area contributed by atoms with E-state index < -0.39 is 0 Å². The van der Waals surface area contributed by atoms with Gasteiger partial charge in [-0.2, -0.15) is 5.10 Å².